The molecule has 0 radical (unpaired) electrons. The highest BCUT2D eigenvalue weighted by molar-refractivity contribution is 6.18. The molecule has 1 fully saturated rings. The molecule has 2 unspecified atom stereocenters. The largest absolute Gasteiger partial charge is 0.507 e. The van der Waals surface area contributed by atoms with Gasteiger partial charge >= 0.3 is 41.6 Å². The van der Waals surface area contributed by atoms with Gasteiger partial charge in [-0.25, -0.2) is 28.8 Å². The van der Waals surface area contributed by atoms with Gasteiger partial charge in [0, 0.05) is 40.3 Å². The maximum absolute atomic E-state index is 15.1. The summed E-state index contributed by atoms with van der Waals surface area (Å²) in [6.07, 6.45) is -14.8. The van der Waals surface area contributed by atoms with Crippen molar-refractivity contribution >= 4 is 41.4 Å². The molecule has 9 atom stereocenters. The first-order chi connectivity index (χ1) is 36.7. The van der Waals surface area contributed by atoms with Gasteiger partial charge in [-0.3, -0.25) is 0 Å². The number of hydrogen-bond donors (Lipinski definition) is 16. The Morgan fingerprint density at radius 1 is 0.526 bits per heavy atom. The van der Waals surface area contributed by atoms with E-state index >= 15 is 9.59 Å². The standard InChI is InChI=1S/C49H34O29/c50-15-2-1-10(3-17(15)52)37-21(56)4-11-16(51)8-23-27(38(11)73-37)29-40-41(39-22(57)9-72-42(64)12-5-18(53)31(58)34(61)24(12)25-13(43(65)74-39)6-19(54)32(59)35(25)62)76-44(66)14-7-20(55)33(60)36(63)26(14)28-30(45(67)75-40)48(29,77-23)47(70)78-49(28,71)46(68)69/h1-3,5-8,21-22,29,37,39-41,50-63,71H,4,9H2,(H,68,69)/t21-,22-,29-,37-,39-,40?,41?,48-,49+/m1/s1. The third-order valence-electron chi connectivity index (χ3n) is 14.1. The van der Waals surface area contributed by atoms with E-state index in [9.17, 15) is 101 Å². The van der Waals surface area contributed by atoms with Crippen molar-refractivity contribution in [1.29, 1.82) is 0 Å². The number of carboxylic acids is 1. The summed E-state index contributed by atoms with van der Waals surface area (Å²) in [5, 5.41) is 176. The summed E-state index contributed by atoms with van der Waals surface area (Å²) in [6.45, 7) is -1.46. The fourth-order valence-electron chi connectivity index (χ4n) is 10.6. The van der Waals surface area contributed by atoms with E-state index in [1.165, 1.54) is 6.07 Å². The van der Waals surface area contributed by atoms with Crippen LogP contribution in [0.15, 0.2) is 48.0 Å². The summed E-state index contributed by atoms with van der Waals surface area (Å²) in [6, 6.07) is 5.01. The van der Waals surface area contributed by atoms with Gasteiger partial charge in [0.25, 0.3) is 0 Å². The number of aliphatic carboxylic acids is 1. The zero-order chi connectivity index (χ0) is 56.3. The minimum Gasteiger partial charge on any atom is -0.507 e. The molecule has 6 heterocycles. The van der Waals surface area contributed by atoms with Crippen molar-refractivity contribution in [3.05, 3.63) is 87.0 Å². The fourth-order valence-corrected chi connectivity index (χ4v) is 10.6. The zero-order valence-corrected chi connectivity index (χ0v) is 38.5. The van der Waals surface area contributed by atoms with Crippen LogP contribution < -0.4 is 9.47 Å². The Kier molecular flexibility index (Phi) is 10.6. The monoisotopic (exact) mass is 1090 g/mol. The third-order valence-corrected chi connectivity index (χ3v) is 14.1. The van der Waals surface area contributed by atoms with Gasteiger partial charge in [-0.2, -0.15) is 0 Å². The number of aliphatic hydroxyl groups is 3. The molecule has 0 aliphatic carbocycles. The van der Waals surface area contributed by atoms with Crippen LogP contribution in [0, 0.1) is 0 Å². The summed E-state index contributed by atoms with van der Waals surface area (Å²) in [5.74, 6) is -35.4. The topological polar surface area (TPSA) is 491 Å². The molecule has 29 nitrogen and oxygen atoms in total. The van der Waals surface area contributed by atoms with E-state index in [1.807, 2.05) is 0 Å². The second kappa shape index (κ2) is 16.6. The number of cyclic esters (lactones) is 4. The number of phenolic OH excluding ortho intramolecular Hbond substituents is 12. The van der Waals surface area contributed by atoms with Crippen LogP contribution in [0.25, 0.3) is 16.7 Å². The van der Waals surface area contributed by atoms with Gasteiger partial charge in [0.15, 0.2) is 64.3 Å². The number of aliphatic hydroxyl groups excluding tert-OH is 2. The van der Waals surface area contributed by atoms with E-state index in [2.05, 4.69) is 0 Å². The first-order valence-electron chi connectivity index (χ1n) is 22.4. The lowest BCUT2D eigenvalue weighted by molar-refractivity contribution is -0.226. The highest BCUT2D eigenvalue weighted by Gasteiger charge is 2.76. The van der Waals surface area contributed by atoms with Crippen molar-refractivity contribution < 1.29 is 144 Å². The molecule has 29 heteroatoms. The number of carboxylic acid groups (broad SMARTS) is 1. The van der Waals surface area contributed by atoms with Crippen LogP contribution in [0.2, 0.25) is 0 Å². The van der Waals surface area contributed by atoms with Crippen molar-refractivity contribution in [2.75, 3.05) is 6.61 Å². The van der Waals surface area contributed by atoms with Gasteiger partial charge in [-0.1, -0.05) is 6.07 Å². The highest BCUT2D eigenvalue weighted by atomic mass is 16.7. The molecule has 11 rings (SSSR count). The van der Waals surface area contributed by atoms with Crippen LogP contribution in [-0.2, 0) is 44.5 Å². The molecule has 5 aromatic carbocycles. The Morgan fingerprint density at radius 2 is 1.06 bits per heavy atom. The van der Waals surface area contributed by atoms with Gasteiger partial charge in [-0.05, 0) is 35.9 Å². The molecular formula is C49H34O29. The average Bonchev–Trinajstić information content (AvgIpc) is 2.28. The van der Waals surface area contributed by atoms with Crippen molar-refractivity contribution in [2.24, 2.45) is 0 Å². The second-order valence-corrected chi connectivity index (χ2v) is 18.4. The Hall–Kier alpha value is -10.3. The Morgan fingerprint density at radius 3 is 1.64 bits per heavy atom. The lowest BCUT2D eigenvalue weighted by Crippen LogP contribution is -2.68. The van der Waals surface area contributed by atoms with Crippen molar-refractivity contribution in [3.63, 3.8) is 0 Å². The number of ether oxygens (including phenoxy) is 7. The number of benzene rings is 5. The maximum atomic E-state index is 15.1. The van der Waals surface area contributed by atoms with E-state index in [-0.39, 0.29) is 17.2 Å². The Labute approximate surface area is 429 Å². The van der Waals surface area contributed by atoms with Crippen LogP contribution >= 0.6 is 0 Å². The number of esters is 5. The second-order valence-electron chi connectivity index (χ2n) is 18.4. The number of hydrogen-bond acceptors (Lipinski definition) is 28. The van der Waals surface area contributed by atoms with Gasteiger partial charge in [0.05, 0.1) is 34.3 Å². The minimum absolute atomic E-state index is 0.0720. The molecule has 404 valence electrons. The lowest BCUT2D eigenvalue weighted by Gasteiger charge is -2.49. The number of carbonyl (C=O) groups is 6. The van der Waals surface area contributed by atoms with E-state index in [4.69, 9.17) is 33.2 Å². The zero-order valence-electron chi connectivity index (χ0n) is 38.5. The van der Waals surface area contributed by atoms with E-state index in [0.29, 0.717) is 12.1 Å². The first kappa shape index (κ1) is 49.9. The van der Waals surface area contributed by atoms with Crippen LogP contribution in [0.3, 0.4) is 0 Å². The number of fused-ring (bicyclic) bond motifs is 12. The number of rotatable bonds is 3. The average molecular weight is 1090 g/mol. The number of aromatic hydroxyl groups is 12. The smallest absolute Gasteiger partial charge is 0.382 e. The van der Waals surface area contributed by atoms with E-state index in [1.54, 1.807) is 0 Å². The molecule has 78 heavy (non-hydrogen) atoms. The minimum atomic E-state index is -4.21. The lowest BCUT2D eigenvalue weighted by atomic mass is 9.66. The third kappa shape index (κ3) is 6.64. The molecule has 6 aliphatic rings. The van der Waals surface area contributed by atoms with Gasteiger partial charge < -0.3 is 115 Å². The van der Waals surface area contributed by atoms with E-state index in [0.717, 1.165) is 18.2 Å². The summed E-state index contributed by atoms with van der Waals surface area (Å²) >= 11 is 0. The highest BCUT2D eigenvalue weighted by Crippen LogP contribution is 2.65. The number of phenols is 12. The summed E-state index contributed by atoms with van der Waals surface area (Å²) < 4.78 is 40.7. The molecule has 5 aromatic rings. The predicted molar refractivity (Wildman–Crippen MR) is 241 cm³/mol. The predicted octanol–water partition coefficient (Wildman–Crippen LogP) is 0.0778. The van der Waals surface area contributed by atoms with Crippen LogP contribution in [0.5, 0.6) is 80.5 Å². The first-order valence-corrected chi connectivity index (χ1v) is 22.4. The fraction of sp³-hybridized carbons (Fsp3) is 0.224. The van der Waals surface area contributed by atoms with Gasteiger partial charge in [0.2, 0.25) is 22.8 Å². The normalized spacial score (nSPS) is 26.8. The van der Waals surface area contributed by atoms with Gasteiger partial charge in [-0.15, -0.1) is 0 Å². The molecule has 6 aliphatic heterocycles. The summed E-state index contributed by atoms with van der Waals surface area (Å²) in [4.78, 5) is 87.2. The molecule has 2 bridgehead atoms. The summed E-state index contributed by atoms with van der Waals surface area (Å²) in [5.41, 5.74) is -14.8. The summed E-state index contributed by atoms with van der Waals surface area (Å²) in [7, 11) is 0. The molecular weight excluding hydrogens is 1050 g/mol. The van der Waals surface area contributed by atoms with Crippen molar-refractivity contribution in [2.45, 2.75) is 60.4 Å². The van der Waals surface area contributed by atoms with Crippen molar-refractivity contribution in [1.82, 2.24) is 0 Å². The Balaban J connectivity index is 1.21. The van der Waals surface area contributed by atoms with E-state index < -0.39 is 233 Å². The Bertz CT molecular complexity index is 3670. The van der Waals surface area contributed by atoms with Crippen molar-refractivity contribution in [3.8, 4) is 91.6 Å². The van der Waals surface area contributed by atoms with Crippen LogP contribution in [0.4, 0.5) is 0 Å². The molecule has 0 aromatic heterocycles. The quantitative estimate of drug-likeness (QED) is 0.0646. The van der Waals surface area contributed by atoms with Crippen LogP contribution in [-0.4, -0.2) is 166 Å². The molecule has 1 spiro atoms. The maximum Gasteiger partial charge on any atom is 0.382 e. The van der Waals surface area contributed by atoms with Gasteiger partial charge in [0.1, 0.15) is 41.6 Å². The SMILES string of the molecule is O=C1OC2C([C@@H]3OC(=O)c4cc(O)c(O)c(O)c4-c4c(cc(O)c(O)c4O)C(=O)OC[C@H]3O)OC(=O)c3cc(O)c(O)c(O)c3C3=C1[C@@]1(Oc4cc(O)c5c(c4[C@H]21)O[C@H](c1ccc(O)c(O)c1)[C@H](O)C5)C(=O)O[C@]3(O)C(=O)O. The molecule has 1 saturated heterocycles. The van der Waals surface area contributed by atoms with Crippen LogP contribution in [0.1, 0.15) is 65.3 Å². The number of carbonyl (C=O) groups excluding carboxylic acids is 5. The molecule has 0 saturated carbocycles. The molecule has 0 amide bonds. The molecule has 16 N–H and O–H groups in total.